The summed E-state index contributed by atoms with van der Waals surface area (Å²) < 4.78 is 31.2. The Morgan fingerprint density at radius 2 is 1.30 bits per heavy atom. The van der Waals surface area contributed by atoms with E-state index in [0.717, 1.165) is 23.7 Å². The Morgan fingerprint density at radius 1 is 0.818 bits per heavy atom. The third-order valence-electron chi connectivity index (χ3n) is 5.52. The molecule has 44 heavy (non-hydrogen) atoms. The summed E-state index contributed by atoms with van der Waals surface area (Å²) in [6.07, 6.45) is -5.77. The number of benzene rings is 2. The zero-order valence-corrected chi connectivity index (χ0v) is 23.9. The quantitative estimate of drug-likeness (QED) is 0.200. The number of nitrogen functional groups attached to an aromatic ring is 1. The van der Waals surface area contributed by atoms with E-state index in [2.05, 4.69) is 0 Å². The van der Waals surface area contributed by atoms with Crippen LogP contribution in [0, 0.1) is 0 Å². The highest BCUT2D eigenvalue weighted by molar-refractivity contribution is 5.98. The van der Waals surface area contributed by atoms with E-state index in [9.17, 15) is 33.9 Å². The van der Waals surface area contributed by atoms with Gasteiger partial charge in [0.2, 0.25) is 5.75 Å². The summed E-state index contributed by atoms with van der Waals surface area (Å²) in [6, 6.07) is 9.53. The summed E-state index contributed by atoms with van der Waals surface area (Å²) in [5.41, 5.74) is 3.19. The third-order valence-corrected chi connectivity index (χ3v) is 5.52. The van der Waals surface area contributed by atoms with Gasteiger partial charge in [-0.05, 0) is 32.9 Å². The number of nitrogens with two attached hydrogens (primary N) is 1. The van der Waals surface area contributed by atoms with Gasteiger partial charge in [0.15, 0.2) is 17.2 Å². The fourth-order valence-corrected chi connectivity index (χ4v) is 3.74. The maximum atomic E-state index is 13.4. The number of amides is 1. The Kier molecular flexibility index (Phi) is 10.5. The molecular formula is C27H28N4O13. The summed E-state index contributed by atoms with van der Waals surface area (Å²) in [4.78, 5) is 76.3. The van der Waals surface area contributed by atoms with Crippen molar-refractivity contribution in [2.75, 3.05) is 30.5 Å². The highest BCUT2D eigenvalue weighted by Crippen LogP contribution is 2.44. The van der Waals surface area contributed by atoms with Gasteiger partial charge in [0.25, 0.3) is 5.56 Å². The highest BCUT2D eigenvalue weighted by Gasteiger charge is 2.32. The number of aromatic nitrogens is 2. The molecule has 0 aliphatic heterocycles. The van der Waals surface area contributed by atoms with Gasteiger partial charge in [-0.25, -0.2) is 33.4 Å². The normalized spacial score (nSPS) is 10.4. The molecule has 1 aromatic heterocycles. The Bertz CT molecular complexity index is 1640. The van der Waals surface area contributed by atoms with Crippen LogP contribution in [0.25, 0.3) is 5.69 Å². The van der Waals surface area contributed by atoms with Gasteiger partial charge in [-0.3, -0.25) is 9.36 Å². The molecule has 1 heterocycles. The highest BCUT2D eigenvalue weighted by atomic mass is 16.8. The minimum atomic E-state index is -1.81. The number of carbonyl (C=O) groups is 4. The number of anilines is 3. The fourth-order valence-electron chi connectivity index (χ4n) is 3.74. The molecule has 0 unspecified atom stereocenters. The van der Waals surface area contributed by atoms with Crippen LogP contribution in [0.5, 0.6) is 17.2 Å². The standard InChI is InChI=1S/C27H28N4O13/c1-5-39-25(36)42-17-13-16(14-18(43-26(37)40-6-2)20(17)44-27(38)41-7-3)30(24(34)35)19-21(28)31(15-11-9-8-10-12-15)23(33)29(4)22(19)32/h8-14H,5-7,28H2,1-4H3,(H,34,35). The second-order valence-electron chi connectivity index (χ2n) is 8.30. The van der Waals surface area contributed by atoms with Crippen molar-refractivity contribution >= 4 is 41.8 Å². The molecule has 2 aromatic carbocycles. The molecule has 0 saturated heterocycles. The van der Waals surface area contributed by atoms with E-state index < -0.39 is 70.2 Å². The topological polar surface area (TPSA) is 217 Å². The largest absolute Gasteiger partial charge is 0.514 e. The summed E-state index contributed by atoms with van der Waals surface area (Å²) in [6.45, 7) is 3.98. The first kappa shape index (κ1) is 32.5. The molecule has 3 rings (SSSR count). The molecule has 0 saturated carbocycles. The van der Waals surface area contributed by atoms with Gasteiger partial charge in [-0.2, -0.15) is 0 Å². The first-order valence-electron chi connectivity index (χ1n) is 12.9. The van der Waals surface area contributed by atoms with Crippen molar-refractivity contribution in [3.05, 3.63) is 63.3 Å². The third kappa shape index (κ3) is 7.07. The van der Waals surface area contributed by atoms with Crippen molar-refractivity contribution in [2.24, 2.45) is 7.05 Å². The summed E-state index contributed by atoms with van der Waals surface area (Å²) >= 11 is 0. The Morgan fingerprint density at radius 3 is 1.75 bits per heavy atom. The molecule has 1 amide bonds. The van der Waals surface area contributed by atoms with Gasteiger partial charge in [0.1, 0.15) is 5.82 Å². The lowest BCUT2D eigenvalue weighted by Gasteiger charge is -2.24. The minimum Gasteiger partial charge on any atom is -0.464 e. The summed E-state index contributed by atoms with van der Waals surface area (Å²) in [5.74, 6) is -2.70. The van der Waals surface area contributed by atoms with Crippen LogP contribution < -0.4 is 36.1 Å². The van der Waals surface area contributed by atoms with Crippen LogP contribution in [0.1, 0.15) is 20.8 Å². The molecule has 0 atom stereocenters. The first-order chi connectivity index (χ1) is 20.9. The molecule has 3 N–H and O–H groups in total. The number of rotatable bonds is 9. The number of hydrogen-bond acceptors (Lipinski definition) is 13. The molecular weight excluding hydrogens is 588 g/mol. The van der Waals surface area contributed by atoms with Crippen LogP contribution in [0.2, 0.25) is 0 Å². The smallest absolute Gasteiger partial charge is 0.464 e. The zero-order valence-electron chi connectivity index (χ0n) is 23.9. The Balaban J connectivity index is 2.39. The van der Waals surface area contributed by atoms with E-state index in [1.165, 1.54) is 32.9 Å². The van der Waals surface area contributed by atoms with E-state index >= 15 is 0 Å². The zero-order chi connectivity index (χ0) is 32.6. The number of hydrogen-bond donors (Lipinski definition) is 2. The lowest BCUT2D eigenvalue weighted by Crippen LogP contribution is -2.43. The van der Waals surface area contributed by atoms with E-state index in [-0.39, 0.29) is 25.5 Å². The Hall–Kier alpha value is -6.00. The van der Waals surface area contributed by atoms with Gasteiger partial charge >= 0.3 is 30.2 Å². The molecule has 0 fully saturated rings. The van der Waals surface area contributed by atoms with E-state index in [0.29, 0.717) is 9.47 Å². The van der Waals surface area contributed by atoms with Gasteiger partial charge in [-0.15, -0.1) is 0 Å². The predicted octanol–water partition coefficient (Wildman–Crippen LogP) is 3.54. The molecule has 0 spiro atoms. The molecule has 0 aliphatic rings. The predicted molar refractivity (Wildman–Crippen MR) is 151 cm³/mol. The van der Waals surface area contributed by atoms with Crippen molar-refractivity contribution < 1.29 is 52.7 Å². The van der Waals surface area contributed by atoms with E-state index in [1.54, 1.807) is 18.2 Å². The first-order valence-corrected chi connectivity index (χ1v) is 12.9. The maximum absolute atomic E-state index is 13.4. The monoisotopic (exact) mass is 616 g/mol. The second kappa shape index (κ2) is 14.3. The van der Waals surface area contributed by atoms with Crippen molar-refractivity contribution in [3.8, 4) is 22.9 Å². The summed E-state index contributed by atoms with van der Waals surface area (Å²) in [5, 5.41) is 10.3. The SMILES string of the molecule is CCOC(=O)Oc1cc(N(C(=O)O)c2c(N)n(-c3ccccc3)c(=O)n(C)c2=O)cc(OC(=O)OCC)c1OC(=O)OCC. The van der Waals surface area contributed by atoms with Crippen LogP contribution in [0.3, 0.4) is 0 Å². The average Bonchev–Trinajstić information content (AvgIpc) is 2.96. The van der Waals surface area contributed by atoms with E-state index in [1.807, 2.05) is 0 Å². The van der Waals surface area contributed by atoms with Gasteiger partial charge in [-0.1, -0.05) is 18.2 Å². The molecule has 0 aliphatic carbocycles. The molecule has 3 aromatic rings. The molecule has 234 valence electrons. The number of nitrogens with zero attached hydrogens (tertiary/aromatic N) is 3. The van der Waals surface area contributed by atoms with Gasteiger partial charge in [0, 0.05) is 19.2 Å². The van der Waals surface area contributed by atoms with Crippen molar-refractivity contribution in [2.45, 2.75) is 20.8 Å². The Labute approximate surface area is 248 Å². The minimum absolute atomic E-state index is 0.133. The van der Waals surface area contributed by atoms with Crippen molar-refractivity contribution in [3.63, 3.8) is 0 Å². The maximum Gasteiger partial charge on any atom is 0.514 e. The lowest BCUT2D eigenvalue weighted by molar-refractivity contribution is 0.0888. The van der Waals surface area contributed by atoms with Gasteiger partial charge in [0.05, 0.1) is 31.2 Å². The van der Waals surface area contributed by atoms with E-state index in [4.69, 9.17) is 34.2 Å². The number of carboxylic acid groups (broad SMARTS) is 1. The molecule has 17 nitrogen and oxygen atoms in total. The molecule has 17 heteroatoms. The lowest BCUT2D eigenvalue weighted by atomic mass is 10.2. The second-order valence-corrected chi connectivity index (χ2v) is 8.30. The fraction of sp³-hybridized carbons (Fsp3) is 0.259. The number of para-hydroxylation sites is 1. The van der Waals surface area contributed by atoms with Crippen LogP contribution in [0.15, 0.2) is 52.1 Å². The molecule has 0 radical (unpaired) electrons. The number of carbonyl (C=O) groups excluding carboxylic acids is 3. The van der Waals surface area contributed by atoms with Crippen LogP contribution in [0.4, 0.5) is 36.4 Å². The van der Waals surface area contributed by atoms with Crippen LogP contribution >= 0.6 is 0 Å². The van der Waals surface area contributed by atoms with Crippen molar-refractivity contribution in [1.29, 1.82) is 0 Å². The van der Waals surface area contributed by atoms with Crippen LogP contribution in [-0.2, 0) is 21.3 Å². The van der Waals surface area contributed by atoms with Crippen molar-refractivity contribution in [1.82, 2.24) is 9.13 Å². The van der Waals surface area contributed by atoms with Gasteiger partial charge < -0.3 is 39.3 Å². The summed E-state index contributed by atoms with van der Waals surface area (Å²) in [7, 11) is 1.11. The number of ether oxygens (including phenoxy) is 6. The van der Waals surface area contributed by atoms with Crippen LogP contribution in [-0.4, -0.2) is 58.6 Å². The average molecular weight is 617 g/mol. The molecule has 0 bridgehead atoms.